The first-order valence-corrected chi connectivity index (χ1v) is 7.01. The van der Waals surface area contributed by atoms with Crippen LogP contribution in [0.2, 0.25) is 0 Å². The van der Waals surface area contributed by atoms with Gasteiger partial charge in [-0.25, -0.2) is 0 Å². The molecule has 0 heterocycles. The molecule has 1 nitrogen and oxygen atoms in total. The Balaban J connectivity index is 1.74. The summed E-state index contributed by atoms with van der Waals surface area (Å²) in [5, 5.41) is 9.82. The highest BCUT2D eigenvalue weighted by atomic mass is 16.3. The number of hydrogen-bond acceptors (Lipinski definition) is 1. The van der Waals surface area contributed by atoms with Gasteiger partial charge in [0.1, 0.15) is 0 Å². The van der Waals surface area contributed by atoms with Crippen LogP contribution in [0.25, 0.3) is 0 Å². The summed E-state index contributed by atoms with van der Waals surface area (Å²) in [7, 11) is 0. The number of benzene rings is 1. The molecule has 1 aromatic rings. The van der Waals surface area contributed by atoms with Gasteiger partial charge in [0.05, 0.1) is 0 Å². The Labute approximate surface area is 104 Å². The van der Waals surface area contributed by atoms with Gasteiger partial charge in [0.2, 0.25) is 0 Å². The largest absolute Gasteiger partial charge is 0.396 e. The van der Waals surface area contributed by atoms with Crippen LogP contribution in [0, 0.1) is 11.3 Å². The van der Waals surface area contributed by atoms with Crippen LogP contribution in [0.3, 0.4) is 0 Å². The van der Waals surface area contributed by atoms with E-state index in [-0.39, 0.29) is 5.41 Å². The van der Waals surface area contributed by atoms with Crippen molar-refractivity contribution >= 4 is 0 Å². The number of aliphatic hydroxyl groups is 1. The van der Waals surface area contributed by atoms with Crippen molar-refractivity contribution in [1.29, 1.82) is 0 Å². The lowest BCUT2D eigenvalue weighted by molar-refractivity contribution is 0.0584. The lowest BCUT2D eigenvalue weighted by Gasteiger charge is -2.36. The van der Waals surface area contributed by atoms with Crippen LogP contribution in [0.5, 0.6) is 0 Å². The molecule has 2 unspecified atom stereocenters. The van der Waals surface area contributed by atoms with Gasteiger partial charge >= 0.3 is 0 Å². The Morgan fingerprint density at radius 1 is 1.06 bits per heavy atom. The molecule has 0 bridgehead atoms. The maximum absolute atomic E-state index is 9.82. The van der Waals surface area contributed by atoms with Gasteiger partial charge in [-0.05, 0) is 42.1 Å². The van der Waals surface area contributed by atoms with Gasteiger partial charge in [0.25, 0.3) is 0 Å². The maximum atomic E-state index is 9.82. The van der Waals surface area contributed by atoms with Crippen molar-refractivity contribution in [3.8, 4) is 0 Å². The summed E-state index contributed by atoms with van der Waals surface area (Å²) in [6.07, 6.45) is 7.79. The van der Waals surface area contributed by atoms with Crippen molar-refractivity contribution in [1.82, 2.24) is 0 Å². The van der Waals surface area contributed by atoms with E-state index >= 15 is 0 Å². The van der Waals surface area contributed by atoms with Gasteiger partial charge in [-0.3, -0.25) is 0 Å². The minimum absolute atomic E-state index is 0.263. The molecule has 3 rings (SSSR count). The van der Waals surface area contributed by atoms with Crippen molar-refractivity contribution in [2.75, 3.05) is 6.61 Å². The van der Waals surface area contributed by atoms with Crippen LogP contribution >= 0.6 is 0 Å². The highest BCUT2D eigenvalue weighted by molar-refractivity contribution is 5.27. The highest BCUT2D eigenvalue weighted by Gasteiger charge is 2.52. The fourth-order valence-corrected chi connectivity index (χ4v) is 3.84. The van der Waals surface area contributed by atoms with Crippen LogP contribution in [-0.4, -0.2) is 11.7 Å². The summed E-state index contributed by atoms with van der Waals surface area (Å²) < 4.78 is 0. The third-order valence-corrected chi connectivity index (χ3v) is 4.97. The maximum Gasteiger partial charge on any atom is 0.0490 e. The zero-order chi connectivity index (χ0) is 11.7. The molecule has 0 spiro atoms. The zero-order valence-corrected chi connectivity index (χ0v) is 10.4. The molecule has 0 radical (unpaired) electrons. The van der Waals surface area contributed by atoms with Gasteiger partial charge in [-0.2, -0.15) is 0 Å². The third kappa shape index (κ3) is 2.01. The van der Waals surface area contributed by atoms with E-state index in [1.807, 2.05) is 0 Å². The zero-order valence-electron chi connectivity index (χ0n) is 10.4. The Bertz CT molecular complexity index is 364. The summed E-state index contributed by atoms with van der Waals surface area (Å²) in [6.45, 7) is 0.404. The minimum atomic E-state index is 0.263. The molecular weight excluding hydrogens is 208 g/mol. The molecule has 2 saturated carbocycles. The Kier molecular flexibility index (Phi) is 2.96. The van der Waals surface area contributed by atoms with E-state index in [1.165, 1.54) is 44.1 Å². The second-order valence-electron chi connectivity index (χ2n) is 5.94. The SMILES string of the molecule is OCC1(C2CC2c2ccccc2)CCCCC1. The normalized spacial score (nSPS) is 31.1. The van der Waals surface area contributed by atoms with E-state index in [9.17, 15) is 5.11 Å². The second-order valence-corrected chi connectivity index (χ2v) is 5.94. The van der Waals surface area contributed by atoms with Crippen LogP contribution in [0.1, 0.15) is 50.0 Å². The quantitative estimate of drug-likeness (QED) is 0.838. The smallest absolute Gasteiger partial charge is 0.0490 e. The predicted molar refractivity (Wildman–Crippen MR) is 69.9 cm³/mol. The first-order valence-electron chi connectivity index (χ1n) is 7.01. The van der Waals surface area contributed by atoms with Crippen LogP contribution in [0.15, 0.2) is 30.3 Å². The van der Waals surface area contributed by atoms with E-state index < -0.39 is 0 Å². The fourth-order valence-electron chi connectivity index (χ4n) is 3.84. The predicted octanol–water partition coefficient (Wildman–Crippen LogP) is 3.73. The Morgan fingerprint density at radius 2 is 1.76 bits per heavy atom. The first-order chi connectivity index (χ1) is 8.36. The number of rotatable bonds is 3. The second kappa shape index (κ2) is 4.45. The third-order valence-electron chi connectivity index (χ3n) is 4.97. The molecule has 0 saturated heterocycles. The molecule has 92 valence electrons. The summed E-state index contributed by atoms with van der Waals surface area (Å²) >= 11 is 0. The molecule has 2 fully saturated rings. The van der Waals surface area contributed by atoms with E-state index in [0.717, 1.165) is 11.8 Å². The summed E-state index contributed by atoms with van der Waals surface area (Å²) in [5.41, 5.74) is 1.74. The minimum Gasteiger partial charge on any atom is -0.396 e. The fraction of sp³-hybridized carbons (Fsp3) is 0.625. The van der Waals surface area contributed by atoms with E-state index in [2.05, 4.69) is 30.3 Å². The molecule has 0 amide bonds. The Morgan fingerprint density at radius 3 is 2.41 bits per heavy atom. The first kappa shape index (κ1) is 11.3. The molecule has 1 aromatic carbocycles. The van der Waals surface area contributed by atoms with Crippen LogP contribution in [-0.2, 0) is 0 Å². The van der Waals surface area contributed by atoms with Gasteiger partial charge in [-0.15, -0.1) is 0 Å². The van der Waals surface area contributed by atoms with Gasteiger partial charge in [0.15, 0.2) is 0 Å². The van der Waals surface area contributed by atoms with Gasteiger partial charge in [-0.1, -0.05) is 49.6 Å². The Hall–Kier alpha value is -0.820. The average molecular weight is 230 g/mol. The monoisotopic (exact) mass is 230 g/mol. The lowest BCUT2D eigenvalue weighted by atomic mass is 9.70. The van der Waals surface area contributed by atoms with E-state index in [1.54, 1.807) is 0 Å². The molecule has 0 aliphatic heterocycles. The molecule has 1 heteroatoms. The molecule has 17 heavy (non-hydrogen) atoms. The standard InChI is InChI=1S/C16H22O/c17-12-16(9-5-2-6-10-16)15-11-14(15)13-7-3-1-4-8-13/h1,3-4,7-8,14-15,17H,2,5-6,9-12H2. The summed E-state index contributed by atoms with van der Waals surface area (Å²) in [4.78, 5) is 0. The van der Waals surface area contributed by atoms with Crippen molar-refractivity contribution in [3.05, 3.63) is 35.9 Å². The van der Waals surface area contributed by atoms with E-state index in [0.29, 0.717) is 6.61 Å². The van der Waals surface area contributed by atoms with E-state index in [4.69, 9.17) is 0 Å². The lowest BCUT2D eigenvalue weighted by Crippen LogP contribution is -2.31. The average Bonchev–Trinajstić information content (AvgIpc) is 3.21. The van der Waals surface area contributed by atoms with Crippen molar-refractivity contribution in [2.45, 2.75) is 44.4 Å². The van der Waals surface area contributed by atoms with Crippen LogP contribution < -0.4 is 0 Å². The number of hydrogen-bond donors (Lipinski definition) is 1. The summed E-state index contributed by atoms with van der Waals surface area (Å²) in [6, 6.07) is 10.9. The van der Waals surface area contributed by atoms with Crippen LogP contribution in [0.4, 0.5) is 0 Å². The number of aliphatic hydroxyl groups excluding tert-OH is 1. The van der Waals surface area contributed by atoms with Crippen molar-refractivity contribution < 1.29 is 5.11 Å². The molecule has 0 aromatic heterocycles. The topological polar surface area (TPSA) is 20.2 Å². The molecule has 2 aliphatic rings. The van der Waals surface area contributed by atoms with Gasteiger partial charge < -0.3 is 5.11 Å². The summed E-state index contributed by atoms with van der Waals surface area (Å²) in [5.74, 6) is 1.47. The molecule has 2 aliphatic carbocycles. The van der Waals surface area contributed by atoms with Crippen molar-refractivity contribution in [3.63, 3.8) is 0 Å². The van der Waals surface area contributed by atoms with Crippen molar-refractivity contribution in [2.24, 2.45) is 11.3 Å². The molecule has 1 N–H and O–H groups in total. The van der Waals surface area contributed by atoms with Gasteiger partial charge in [0, 0.05) is 6.61 Å². The molecular formula is C16H22O. The molecule has 2 atom stereocenters. The highest BCUT2D eigenvalue weighted by Crippen LogP contribution is 2.61.